The minimum absolute atomic E-state index is 0.192. The molecular formula is C7H12N4OS. The van der Waals surface area contributed by atoms with E-state index in [4.69, 9.17) is 5.73 Å². The number of hydrogen-bond donors (Lipinski definition) is 2. The summed E-state index contributed by atoms with van der Waals surface area (Å²) in [5.41, 5.74) is 5.57. The van der Waals surface area contributed by atoms with Crippen molar-refractivity contribution in [2.45, 2.75) is 0 Å². The SMILES string of the molecule is CNC(=O)c1sc(N(C)C)nc1N. The zero-order chi connectivity index (χ0) is 10.0. The van der Waals surface area contributed by atoms with E-state index in [1.165, 1.54) is 11.3 Å². The van der Waals surface area contributed by atoms with Gasteiger partial charge >= 0.3 is 0 Å². The van der Waals surface area contributed by atoms with Crippen LogP contribution in [0.15, 0.2) is 0 Å². The molecule has 0 spiro atoms. The Morgan fingerprint density at radius 2 is 2.23 bits per heavy atom. The lowest BCUT2D eigenvalue weighted by Crippen LogP contribution is -2.17. The fraction of sp³-hybridized carbons (Fsp3) is 0.429. The number of hydrogen-bond acceptors (Lipinski definition) is 5. The van der Waals surface area contributed by atoms with Crippen LogP contribution < -0.4 is 16.0 Å². The molecule has 0 unspecified atom stereocenters. The summed E-state index contributed by atoms with van der Waals surface area (Å²) < 4.78 is 0. The molecule has 0 aliphatic carbocycles. The van der Waals surface area contributed by atoms with Gasteiger partial charge in [-0.05, 0) is 0 Å². The van der Waals surface area contributed by atoms with Crippen molar-refractivity contribution in [1.82, 2.24) is 10.3 Å². The first-order valence-electron chi connectivity index (χ1n) is 3.72. The van der Waals surface area contributed by atoms with Gasteiger partial charge in [-0.1, -0.05) is 11.3 Å². The van der Waals surface area contributed by atoms with Crippen molar-refractivity contribution >= 4 is 28.2 Å². The maximum atomic E-state index is 11.2. The fourth-order valence-corrected chi connectivity index (χ4v) is 1.64. The highest BCUT2D eigenvalue weighted by Gasteiger charge is 2.15. The van der Waals surface area contributed by atoms with Crippen LogP contribution in [0.25, 0.3) is 0 Å². The number of nitrogens with zero attached hydrogens (tertiary/aromatic N) is 2. The summed E-state index contributed by atoms with van der Waals surface area (Å²) in [7, 11) is 5.27. The van der Waals surface area contributed by atoms with E-state index in [0.717, 1.165) is 5.13 Å². The number of rotatable bonds is 2. The molecule has 1 rings (SSSR count). The van der Waals surface area contributed by atoms with Crippen LogP contribution >= 0.6 is 11.3 Å². The van der Waals surface area contributed by atoms with E-state index in [-0.39, 0.29) is 11.7 Å². The van der Waals surface area contributed by atoms with E-state index in [2.05, 4.69) is 10.3 Å². The van der Waals surface area contributed by atoms with Gasteiger partial charge in [-0.15, -0.1) is 0 Å². The van der Waals surface area contributed by atoms with Crippen LogP contribution in [0.2, 0.25) is 0 Å². The summed E-state index contributed by atoms with van der Waals surface area (Å²) in [5.74, 6) is 0.0937. The Bertz CT molecular complexity index is 320. The quantitative estimate of drug-likeness (QED) is 0.713. The van der Waals surface area contributed by atoms with Crippen molar-refractivity contribution < 1.29 is 4.79 Å². The van der Waals surface area contributed by atoms with Crippen molar-refractivity contribution in [3.63, 3.8) is 0 Å². The molecule has 0 aliphatic heterocycles. The predicted molar refractivity (Wildman–Crippen MR) is 54.2 cm³/mol. The average molecular weight is 200 g/mol. The molecular weight excluding hydrogens is 188 g/mol. The molecule has 5 nitrogen and oxygen atoms in total. The van der Waals surface area contributed by atoms with Crippen LogP contribution in [-0.4, -0.2) is 32.0 Å². The van der Waals surface area contributed by atoms with Crippen molar-refractivity contribution in [2.75, 3.05) is 31.8 Å². The minimum atomic E-state index is -0.192. The first-order valence-corrected chi connectivity index (χ1v) is 4.53. The number of anilines is 2. The van der Waals surface area contributed by atoms with Crippen molar-refractivity contribution in [3.05, 3.63) is 4.88 Å². The van der Waals surface area contributed by atoms with E-state index in [1.54, 1.807) is 7.05 Å². The predicted octanol–water partition coefficient (Wildman–Crippen LogP) is 0.151. The lowest BCUT2D eigenvalue weighted by molar-refractivity contribution is 0.0968. The molecule has 6 heteroatoms. The molecule has 0 radical (unpaired) electrons. The van der Waals surface area contributed by atoms with Gasteiger partial charge < -0.3 is 16.0 Å². The maximum Gasteiger partial charge on any atom is 0.265 e. The number of carbonyl (C=O) groups excluding carboxylic acids is 1. The standard InChI is InChI=1S/C7H12N4OS/c1-9-6(12)4-5(8)10-7(13-4)11(2)3/h8H2,1-3H3,(H,9,12). The van der Waals surface area contributed by atoms with Gasteiger partial charge in [0, 0.05) is 21.1 Å². The number of aromatic nitrogens is 1. The monoisotopic (exact) mass is 200 g/mol. The average Bonchev–Trinajstić information content (AvgIpc) is 2.46. The van der Waals surface area contributed by atoms with Gasteiger partial charge in [0.2, 0.25) is 0 Å². The summed E-state index contributed by atoms with van der Waals surface area (Å²) in [5, 5.41) is 3.24. The highest BCUT2D eigenvalue weighted by atomic mass is 32.1. The van der Waals surface area contributed by atoms with Gasteiger partial charge in [0.15, 0.2) is 5.13 Å². The molecule has 0 saturated carbocycles. The normalized spacial score (nSPS) is 9.77. The summed E-state index contributed by atoms with van der Waals surface area (Å²) in [6, 6.07) is 0. The van der Waals surface area contributed by atoms with E-state index in [0.29, 0.717) is 4.88 Å². The van der Waals surface area contributed by atoms with Crippen molar-refractivity contribution in [1.29, 1.82) is 0 Å². The number of nitrogens with one attached hydrogen (secondary N) is 1. The lowest BCUT2D eigenvalue weighted by Gasteiger charge is -2.04. The Labute approximate surface area is 80.6 Å². The van der Waals surface area contributed by atoms with Crippen LogP contribution in [0, 0.1) is 0 Å². The second-order valence-corrected chi connectivity index (χ2v) is 3.66. The molecule has 0 aliphatic rings. The maximum absolute atomic E-state index is 11.2. The zero-order valence-corrected chi connectivity index (χ0v) is 8.60. The molecule has 0 atom stereocenters. The molecule has 0 bridgehead atoms. The van der Waals surface area contributed by atoms with Gasteiger partial charge in [0.25, 0.3) is 5.91 Å². The fourth-order valence-electron chi connectivity index (χ4n) is 0.788. The van der Waals surface area contributed by atoms with Crippen LogP contribution in [0.1, 0.15) is 9.67 Å². The van der Waals surface area contributed by atoms with E-state index in [1.807, 2.05) is 19.0 Å². The van der Waals surface area contributed by atoms with E-state index in [9.17, 15) is 4.79 Å². The highest BCUT2D eigenvalue weighted by molar-refractivity contribution is 7.18. The zero-order valence-electron chi connectivity index (χ0n) is 7.79. The Morgan fingerprint density at radius 3 is 2.62 bits per heavy atom. The molecule has 72 valence electrons. The summed E-state index contributed by atoms with van der Waals surface area (Å²) in [6.45, 7) is 0. The molecule has 13 heavy (non-hydrogen) atoms. The molecule has 0 saturated heterocycles. The number of carbonyl (C=O) groups is 1. The van der Waals surface area contributed by atoms with Crippen molar-refractivity contribution in [2.24, 2.45) is 0 Å². The number of amides is 1. The largest absolute Gasteiger partial charge is 0.382 e. The summed E-state index contributed by atoms with van der Waals surface area (Å²) in [6.07, 6.45) is 0. The van der Waals surface area contributed by atoms with Gasteiger partial charge in [-0.3, -0.25) is 4.79 Å². The van der Waals surface area contributed by atoms with E-state index >= 15 is 0 Å². The third-order valence-corrected chi connectivity index (χ3v) is 2.70. The third-order valence-electron chi connectivity index (χ3n) is 1.46. The summed E-state index contributed by atoms with van der Waals surface area (Å²) in [4.78, 5) is 17.5. The molecule has 0 fully saturated rings. The van der Waals surface area contributed by atoms with Crippen LogP contribution in [-0.2, 0) is 0 Å². The Kier molecular flexibility index (Phi) is 2.72. The molecule has 3 N–H and O–H groups in total. The molecule has 0 aromatic carbocycles. The Hall–Kier alpha value is -1.30. The second-order valence-electron chi connectivity index (χ2n) is 2.68. The Balaban J connectivity index is 3.03. The van der Waals surface area contributed by atoms with Gasteiger partial charge in [-0.25, -0.2) is 4.98 Å². The smallest absolute Gasteiger partial charge is 0.265 e. The molecule has 1 amide bonds. The third kappa shape index (κ3) is 1.89. The first-order chi connectivity index (χ1) is 6.06. The van der Waals surface area contributed by atoms with Crippen molar-refractivity contribution in [3.8, 4) is 0 Å². The number of nitrogen functional groups attached to an aromatic ring is 1. The number of thiazole rings is 1. The number of nitrogens with two attached hydrogens (primary N) is 1. The van der Waals surface area contributed by atoms with Gasteiger partial charge in [0.05, 0.1) is 0 Å². The van der Waals surface area contributed by atoms with E-state index < -0.39 is 0 Å². The Morgan fingerprint density at radius 1 is 1.62 bits per heavy atom. The van der Waals surface area contributed by atoms with Gasteiger partial charge in [0.1, 0.15) is 10.7 Å². The van der Waals surface area contributed by atoms with Gasteiger partial charge in [-0.2, -0.15) is 0 Å². The van der Waals surface area contributed by atoms with Crippen LogP contribution in [0.4, 0.5) is 10.9 Å². The minimum Gasteiger partial charge on any atom is -0.382 e. The topological polar surface area (TPSA) is 71.2 Å². The lowest BCUT2D eigenvalue weighted by atomic mass is 10.5. The molecule has 1 heterocycles. The van der Waals surface area contributed by atoms with Crippen LogP contribution in [0.3, 0.4) is 0 Å². The molecule has 1 aromatic rings. The van der Waals surface area contributed by atoms with Crippen LogP contribution in [0.5, 0.6) is 0 Å². The second kappa shape index (κ2) is 3.61. The highest BCUT2D eigenvalue weighted by Crippen LogP contribution is 2.26. The first kappa shape index (κ1) is 9.79. The summed E-state index contributed by atoms with van der Waals surface area (Å²) >= 11 is 1.28. The molecule has 1 aromatic heterocycles.